The maximum absolute atomic E-state index is 8.67. The summed E-state index contributed by atoms with van der Waals surface area (Å²) in [5, 5.41) is 8.67. The van der Waals surface area contributed by atoms with Crippen LogP contribution in [0.15, 0.2) is 30.3 Å². The number of nitriles is 1. The zero-order chi connectivity index (χ0) is 11.0. The highest BCUT2D eigenvalue weighted by atomic mass is 15.2. The highest BCUT2D eigenvalue weighted by Gasteiger charge is 2.54. The third kappa shape index (κ3) is 1.72. The molecule has 2 aliphatic rings. The predicted octanol–water partition coefficient (Wildman–Crippen LogP) is 2.28. The van der Waals surface area contributed by atoms with Crippen molar-refractivity contribution in [1.82, 2.24) is 4.90 Å². The molecule has 2 heteroatoms. The Morgan fingerprint density at radius 2 is 1.88 bits per heavy atom. The van der Waals surface area contributed by atoms with E-state index in [2.05, 4.69) is 41.3 Å². The van der Waals surface area contributed by atoms with E-state index < -0.39 is 0 Å². The fourth-order valence-electron chi connectivity index (χ4n) is 3.12. The van der Waals surface area contributed by atoms with E-state index in [0.29, 0.717) is 0 Å². The lowest BCUT2D eigenvalue weighted by molar-refractivity contribution is 0.278. The Hall–Kier alpha value is -1.33. The fourth-order valence-corrected chi connectivity index (χ4v) is 3.12. The Balaban J connectivity index is 1.53. The van der Waals surface area contributed by atoms with Gasteiger partial charge < -0.3 is 0 Å². The summed E-state index contributed by atoms with van der Waals surface area (Å²) in [5.41, 5.74) is 1.40. The molecule has 0 radical (unpaired) electrons. The first-order valence-electron chi connectivity index (χ1n) is 6.01. The number of piperidine rings is 1. The minimum atomic E-state index is 0.719. The van der Waals surface area contributed by atoms with E-state index in [9.17, 15) is 0 Å². The van der Waals surface area contributed by atoms with Gasteiger partial charge in [-0.1, -0.05) is 30.3 Å². The number of fused-ring (bicyclic) bond motifs is 1. The van der Waals surface area contributed by atoms with E-state index in [1.54, 1.807) is 0 Å². The molecule has 0 aromatic heterocycles. The van der Waals surface area contributed by atoms with Gasteiger partial charge in [-0.15, -0.1) is 0 Å². The van der Waals surface area contributed by atoms with Gasteiger partial charge in [0.1, 0.15) is 0 Å². The minimum absolute atomic E-state index is 0.719. The third-order valence-electron chi connectivity index (χ3n) is 4.02. The van der Waals surface area contributed by atoms with Crippen LogP contribution < -0.4 is 0 Å². The van der Waals surface area contributed by atoms with Crippen molar-refractivity contribution in [3.05, 3.63) is 35.9 Å². The molecule has 0 amide bonds. The van der Waals surface area contributed by atoms with Gasteiger partial charge in [0.15, 0.2) is 0 Å². The summed E-state index contributed by atoms with van der Waals surface area (Å²) in [6.07, 6.45) is 0.772. The first kappa shape index (κ1) is 9.86. The average molecular weight is 212 g/mol. The van der Waals surface area contributed by atoms with Crippen molar-refractivity contribution in [1.29, 1.82) is 5.26 Å². The van der Waals surface area contributed by atoms with Crippen LogP contribution in [0, 0.1) is 29.1 Å². The number of benzene rings is 1. The average Bonchev–Trinajstić information content (AvgIpc) is 2.76. The molecule has 2 nitrogen and oxygen atoms in total. The van der Waals surface area contributed by atoms with E-state index in [0.717, 1.165) is 30.7 Å². The van der Waals surface area contributed by atoms with Crippen LogP contribution >= 0.6 is 0 Å². The molecule has 1 heterocycles. The Labute approximate surface area is 96.5 Å². The van der Waals surface area contributed by atoms with E-state index in [1.165, 1.54) is 18.7 Å². The lowest BCUT2D eigenvalue weighted by Gasteiger charge is -2.18. The topological polar surface area (TPSA) is 27.0 Å². The van der Waals surface area contributed by atoms with Crippen LogP contribution in [0.4, 0.5) is 0 Å². The maximum Gasteiger partial charge on any atom is 0.0624 e. The fraction of sp³-hybridized carbons (Fsp3) is 0.500. The van der Waals surface area contributed by atoms with Gasteiger partial charge in [0.05, 0.1) is 6.07 Å². The SMILES string of the molecule is N#CCC1[C@@H]2CN(Cc3ccccc3)C[C@@H]12. The summed E-state index contributed by atoms with van der Waals surface area (Å²) in [6.45, 7) is 3.48. The molecule has 82 valence electrons. The zero-order valence-electron chi connectivity index (χ0n) is 9.34. The second-order valence-corrected chi connectivity index (χ2v) is 5.03. The summed E-state index contributed by atoms with van der Waals surface area (Å²) in [5.74, 6) is 2.36. The highest BCUT2D eigenvalue weighted by molar-refractivity contribution is 5.16. The van der Waals surface area contributed by atoms with Gasteiger partial charge in [-0.25, -0.2) is 0 Å². The number of rotatable bonds is 3. The van der Waals surface area contributed by atoms with Crippen LogP contribution in [0.5, 0.6) is 0 Å². The largest absolute Gasteiger partial charge is 0.298 e. The van der Waals surface area contributed by atoms with E-state index in [4.69, 9.17) is 5.26 Å². The van der Waals surface area contributed by atoms with E-state index >= 15 is 0 Å². The van der Waals surface area contributed by atoms with Gasteiger partial charge in [0, 0.05) is 26.1 Å². The van der Waals surface area contributed by atoms with Crippen molar-refractivity contribution < 1.29 is 0 Å². The molecule has 1 saturated carbocycles. The molecule has 1 aromatic carbocycles. The highest BCUT2D eigenvalue weighted by Crippen LogP contribution is 2.53. The summed E-state index contributed by atoms with van der Waals surface area (Å²) in [7, 11) is 0. The molecule has 2 fully saturated rings. The lowest BCUT2D eigenvalue weighted by Crippen LogP contribution is -2.23. The van der Waals surface area contributed by atoms with Crippen LogP contribution in [0.3, 0.4) is 0 Å². The monoisotopic (exact) mass is 212 g/mol. The standard InChI is InChI=1S/C14H16N2/c15-7-6-12-13-9-16(10-14(12)13)8-11-4-2-1-3-5-11/h1-5,12-14H,6,8-10H2/t13-,14-/m0/s1. The van der Waals surface area contributed by atoms with Crippen molar-refractivity contribution in [3.63, 3.8) is 0 Å². The van der Waals surface area contributed by atoms with Crippen molar-refractivity contribution in [2.75, 3.05) is 13.1 Å². The number of likely N-dealkylation sites (tertiary alicyclic amines) is 1. The van der Waals surface area contributed by atoms with Gasteiger partial charge in [-0.05, 0) is 23.3 Å². The third-order valence-corrected chi connectivity index (χ3v) is 4.02. The lowest BCUT2D eigenvalue weighted by atomic mass is 10.2. The van der Waals surface area contributed by atoms with Crippen molar-refractivity contribution in [2.24, 2.45) is 17.8 Å². The molecule has 1 saturated heterocycles. The zero-order valence-corrected chi connectivity index (χ0v) is 9.34. The molecule has 0 N–H and O–H groups in total. The van der Waals surface area contributed by atoms with Crippen molar-refractivity contribution in [3.8, 4) is 6.07 Å². The second-order valence-electron chi connectivity index (χ2n) is 5.03. The second kappa shape index (κ2) is 3.92. The van der Waals surface area contributed by atoms with Crippen LogP contribution in [-0.2, 0) is 6.54 Å². The van der Waals surface area contributed by atoms with Gasteiger partial charge in [0.25, 0.3) is 0 Å². The Bertz CT molecular complexity index is 394. The smallest absolute Gasteiger partial charge is 0.0624 e. The predicted molar refractivity (Wildman–Crippen MR) is 62.4 cm³/mol. The number of nitrogens with zero attached hydrogens (tertiary/aromatic N) is 2. The molecule has 0 unspecified atom stereocenters. The van der Waals surface area contributed by atoms with Crippen molar-refractivity contribution >= 4 is 0 Å². The van der Waals surface area contributed by atoms with E-state index in [-0.39, 0.29) is 0 Å². The van der Waals surface area contributed by atoms with Gasteiger partial charge in [-0.2, -0.15) is 5.26 Å². The van der Waals surface area contributed by atoms with Crippen LogP contribution in [-0.4, -0.2) is 18.0 Å². The van der Waals surface area contributed by atoms with Crippen molar-refractivity contribution in [2.45, 2.75) is 13.0 Å². The van der Waals surface area contributed by atoms with E-state index in [1.807, 2.05) is 0 Å². The summed E-state index contributed by atoms with van der Waals surface area (Å²) < 4.78 is 0. The summed E-state index contributed by atoms with van der Waals surface area (Å²) in [6, 6.07) is 13.0. The molecule has 2 atom stereocenters. The maximum atomic E-state index is 8.67. The Kier molecular flexibility index (Phi) is 2.41. The molecule has 0 bridgehead atoms. The van der Waals surface area contributed by atoms with Gasteiger partial charge in [-0.3, -0.25) is 4.90 Å². The minimum Gasteiger partial charge on any atom is -0.298 e. The Morgan fingerprint density at radius 1 is 1.19 bits per heavy atom. The normalized spacial score (nSPS) is 32.1. The molecule has 3 rings (SSSR count). The molecule has 16 heavy (non-hydrogen) atoms. The molecular weight excluding hydrogens is 196 g/mol. The van der Waals surface area contributed by atoms with Crippen LogP contribution in [0.1, 0.15) is 12.0 Å². The molecular formula is C14H16N2. The van der Waals surface area contributed by atoms with Crippen LogP contribution in [0.25, 0.3) is 0 Å². The van der Waals surface area contributed by atoms with Gasteiger partial charge in [0.2, 0.25) is 0 Å². The summed E-state index contributed by atoms with van der Waals surface area (Å²) >= 11 is 0. The van der Waals surface area contributed by atoms with Crippen LogP contribution in [0.2, 0.25) is 0 Å². The summed E-state index contributed by atoms with van der Waals surface area (Å²) in [4.78, 5) is 2.53. The first-order chi connectivity index (χ1) is 7.88. The molecule has 0 spiro atoms. The molecule has 1 aliphatic heterocycles. The Morgan fingerprint density at radius 3 is 2.50 bits per heavy atom. The van der Waals surface area contributed by atoms with Gasteiger partial charge >= 0.3 is 0 Å². The molecule has 1 aliphatic carbocycles. The molecule has 1 aromatic rings. The first-order valence-corrected chi connectivity index (χ1v) is 6.01. The number of hydrogen-bond acceptors (Lipinski definition) is 2. The quantitative estimate of drug-likeness (QED) is 0.768. The number of hydrogen-bond donors (Lipinski definition) is 0.